The number of carbonyl (C=O) groups excluding carboxylic acids is 1. The minimum absolute atomic E-state index is 0.131. The highest BCUT2D eigenvalue weighted by Crippen LogP contribution is 2.32. The Hall–Kier alpha value is -1.54. The molecule has 1 saturated heterocycles. The highest BCUT2D eigenvalue weighted by atomic mass is 32.2. The second-order valence-electron chi connectivity index (χ2n) is 6.05. The van der Waals surface area contributed by atoms with Crippen molar-refractivity contribution in [3.63, 3.8) is 0 Å². The van der Waals surface area contributed by atoms with Crippen molar-refractivity contribution in [3.05, 3.63) is 29.8 Å². The largest absolute Gasteiger partial charge is 0.342 e. The molecule has 3 rings (SSSR count). The number of likely N-dealkylation sites (tertiary alicyclic amines) is 1. The maximum atomic E-state index is 13.7. The third-order valence-electron chi connectivity index (χ3n) is 4.24. The van der Waals surface area contributed by atoms with E-state index in [-0.39, 0.29) is 11.8 Å². The van der Waals surface area contributed by atoms with Gasteiger partial charge in [0.15, 0.2) is 4.90 Å². The monoisotopic (exact) mass is 344 g/mol. The van der Waals surface area contributed by atoms with Crippen LogP contribution in [-0.4, -0.2) is 38.4 Å². The number of carbonyl (C=O) groups is 1. The first-order valence-corrected chi connectivity index (χ1v) is 9.12. The highest BCUT2D eigenvalue weighted by Gasteiger charge is 2.36. The number of hydrogen-bond acceptors (Lipinski definition) is 3. The lowest BCUT2D eigenvalue weighted by Crippen LogP contribution is -2.47. The maximum Gasteiger partial charge on any atom is 0.246 e. The predicted molar refractivity (Wildman–Crippen MR) is 79.0 cm³/mol. The molecule has 2 fully saturated rings. The molecule has 23 heavy (non-hydrogen) atoms. The minimum atomic E-state index is -4.27. The van der Waals surface area contributed by atoms with E-state index >= 15 is 0 Å². The third kappa shape index (κ3) is 3.53. The number of piperidine rings is 1. The molecule has 1 aliphatic heterocycles. The van der Waals surface area contributed by atoms with Gasteiger partial charge in [-0.1, -0.05) is 6.07 Å². The second-order valence-corrected chi connectivity index (χ2v) is 7.70. The SMILES string of the molecule is O=C(C1CC1)N1CCC(NS(=O)(=O)c2c(F)cccc2F)CC1. The summed E-state index contributed by atoms with van der Waals surface area (Å²) in [4.78, 5) is 12.7. The molecule has 0 atom stereocenters. The van der Waals surface area contributed by atoms with E-state index in [1.165, 1.54) is 0 Å². The van der Waals surface area contributed by atoms with Crippen LogP contribution in [0.15, 0.2) is 23.1 Å². The number of amides is 1. The smallest absolute Gasteiger partial charge is 0.246 e. The predicted octanol–water partition coefficient (Wildman–Crippen LogP) is 1.64. The van der Waals surface area contributed by atoms with Gasteiger partial charge in [-0.15, -0.1) is 0 Å². The molecule has 1 heterocycles. The van der Waals surface area contributed by atoms with Crippen LogP contribution in [0, 0.1) is 17.6 Å². The lowest BCUT2D eigenvalue weighted by molar-refractivity contribution is -0.133. The topological polar surface area (TPSA) is 66.5 Å². The Kier molecular flexibility index (Phi) is 4.37. The summed E-state index contributed by atoms with van der Waals surface area (Å²) >= 11 is 0. The summed E-state index contributed by atoms with van der Waals surface area (Å²) in [6, 6.07) is 2.51. The van der Waals surface area contributed by atoms with Gasteiger partial charge in [0.05, 0.1) is 0 Å². The molecule has 0 bridgehead atoms. The Bertz CT molecular complexity index is 691. The van der Waals surface area contributed by atoms with E-state index in [1.54, 1.807) is 4.90 Å². The van der Waals surface area contributed by atoms with Crippen molar-refractivity contribution in [3.8, 4) is 0 Å². The Morgan fingerprint density at radius 1 is 1.09 bits per heavy atom. The summed E-state index contributed by atoms with van der Waals surface area (Å²) in [6.07, 6.45) is 2.73. The number of hydrogen-bond donors (Lipinski definition) is 1. The zero-order chi connectivity index (χ0) is 16.6. The molecule has 2 aliphatic rings. The molecule has 8 heteroatoms. The molecule has 0 radical (unpaired) electrons. The van der Waals surface area contributed by atoms with Crippen molar-refractivity contribution in [2.75, 3.05) is 13.1 Å². The molecule has 1 aliphatic carbocycles. The van der Waals surface area contributed by atoms with Gasteiger partial charge in [-0.05, 0) is 37.8 Å². The summed E-state index contributed by atoms with van der Waals surface area (Å²) in [5, 5.41) is 0. The van der Waals surface area contributed by atoms with Crippen LogP contribution in [0.3, 0.4) is 0 Å². The Morgan fingerprint density at radius 3 is 2.17 bits per heavy atom. The molecule has 1 amide bonds. The second kappa shape index (κ2) is 6.16. The van der Waals surface area contributed by atoms with Crippen LogP contribution in [0.1, 0.15) is 25.7 Å². The van der Waals surface area contributed by atoms with Crippen molar-refractivity contribution < 1.29 is 22.0 Å². The van der Waals surface area contributed by atoms with Crippen LogP contribution in [0.25, 0.3) is 0 Å². The fraction of sp³-hybridized carbons (Fsp3) is 0.533. The van der Waals surface area contributed by atoms with Gasteiger partial charge in [-0.25, -0.2) is 21.9 Å². The molecule has 0 unspecified atom stereocenters. The van der Waals surface area contributed by atoms with Crippen LogP contribution in [0.4, 0.5) is 8.78 Å². The van der Waals surface area contributed by atoms with Crippen molar-refractivity contribution in [1.82, 2.24) is 9.62 Å². The maximum absolute atomic E-state index is 13.7. The molecule has 1 aromatic rings. The van der Waals surface area contributed by atoms with Crippen LogP contribution < -0.4 is 4.72 Å². The molecule has 126 valence electrons. The molecule has 5 nitrogen and oxygen atoms in total. The first kappa shape index (κ1) is 16.3. The van der Waals surface area contributed by atoms with E-state index < -0.39 is 32.6 Å². The fourth-order valence-electron chi connectivity index (χ4n) is 2.82. The van der Waals surface area contributed by atoms with Gasteiger partial charge in [0, 0.05) is 25.0 Å². The van der Waals surface area contributed by atoms with Crippen LogP contribution in [-0.2, 0) is 14.8 Å². The quantitative estimate of drug-likeness (QED) is 0.903. The summed E-state index contributed by atoms with van der Waals surface area (Å²) in [7, 11) is -4.27. The molecular formula is C15H18F2N2O3S. The zero-order valence-corrected chi connectivity index (χ0v) is 13.3. The van der Waals surface area contributed by atoms with Gasteiger partial charge in [0.25, 0.3) is 0 Å². The molecule has 0 spiro atoms. The molecular weight excluding hydrogens is 326 g/mol. The standard InChI is InChI=1S/C15H18F2N2O3S/c16-12-2-1-3-13(17)14(12)23(21,22)18-11-6-8-19(9-7-11)15(20)10-4-5-10/h1-3,10-11,18H,4-9H2. The molecule has 0 aromatic heterocycles. The lowest BCUT2D eigenvalue weighted by atomic mass is 10.1. The summed E-state index contributed by atoms with van der Waals surface area (Å²) in [5.41, 5.74) is 0. The van der Waals surface area contributed by atoms with Crippen LogP contribution in [0.5, 0.6) is 0 Å². The van der Waals surface area contributed by atoms with Crippen molar-refractivity contribution >= 4 is 15.9 Å². The molecule has 1 aromatic carbocycles. The van der Waals surface area contributed by atoms with E-state index in [2.05, 4.69) is 4.72 Å². The first-order valence-electron chi connectivity index (χ1n) is 7.63. The van der Waals surface area contributed by atoms with E-state index in [1.807, 2.05) is 0 Å². The van der Waals surface area contributed by atoms with Crippen molar-refractivity contribution in [2.45, 2.75) is 36.6 Å². The number of halogens is 2. The number of benzene rings is 1. The molecule has 1 N–H and O–H groups in total. The zero-order valence-electron chi connectivity index (χ0n) is 12.5. The van der Waals surface area contributed by atoms with E-state index in [9.17, 15) is 22.0 Å². The number of sulfonamides is 1. The Balaban J connectivity index is 1.64. The fourth-order valence-corrected chi connectivity index (χ4v) is 4.27. The first-order chi connectivity index (χ1) is 10.9. The van der Waals surface area contributed by atoms with Crippen molar-refractivity contribution in [1.29, 1.82) is 0 Å². The third-order valence-corrected chi connectivity index (χ3v) is 5.81. The lowest BCUT2D eigenvalue weighted by Gasteiger charge is -2.32. The molecule has 1 saturated carbocycles. The van der Waals surface area contributed by atoms with E-state index in [4.69, 9.17) is 0 Å². The van der Waals surface area contributed by atoms with E-state index in [0.717, 1.165) is 31.0 Å². The Labute approximate surface area is 133 Å². The average molecular weight is 344 g/mol. The van der Waals surface area contributed by atoms with Gasteiger partial charge >= 0.3 is 0 Å². The van der Waals surface area contributed by atoms with E-state index in [0.29, 0.717) is 25.9 Å². The van der Waals surface area contributed by atoms with Gasteiger partial charge in [-0.3, -0.25) is 4.79 Å². The normalized spacial score (nSPS) is 19.8. The summed E-state index contributed by atoms with van der Waals surface area (Å²) in [5.74, 6) is -1.96. The number of rotatable bonds is 4. The van der Waals surface area contributed by atoms with Gasteiger partial charge in [0.2, 0.25) is 15.9 Å². The number of nitrogens with zero attached hydrogens (tertiary/aromatic N) is 1. The van der Waals surface area contributed by atoms with Gasteiger partial charge in [0.1, 0.15) is 11.6 Å². The minimum Gasteiger partial charge on any atom is -0.342 e. The highest BCUT2D eigenvalue weighted by molar-refractivity contribution is 7.89. The summed E-state index contributed by atoms with van der Waals surface area (Å²) < 4.78 is 54.1. The van der Waals surface area contributed by atoms with Gasteiger partial charge < -0.3 is 4.90 Å². The van der Waals surface area contributed by atoms with Crippen LogP contribution in [0.2, 0.25) is 0 Å². The summed E-state index contributed by atoms with van der Waals surface area (Å²) in [6.45, 7) is 0.921. The number of nitrogens with one attached hydrogen (secondary N) is 1. The van der Waals surface area contributed by atoms with Crippen molar-refractivity contribution in [2.24, 2.45) is 5.92 Å². The average Bonchev–Trinajstić information content (AvgIpc) is 3.31. The Morgan fingerprint density at radius 2 is 1.65 bits per heavy atom. The van der Waals surface area contributed by atoms with Crippen LogP contribution >= 0.6 is 0 Å². The van der Waals surface area contributed by atoms with Gasteiger partial charge in [-0.2, -0.15) is 0 Å².